The maximum Gasteiger partial charge on any atom is 0.380 e. The van der Waals surface area contributed by atoms with Crippen molar-refractivity contribution >= 4 is 32.5 Å². The Bertz CT molecular complexity index is 2660. The molecule has 2 aliphatic carbocycles. The van der Waals surface area contributed by atoms with Crippen LogP contribution in [0, 0.1) is 0 Å². The minimum Gasteiger partial charge on any atom is -0.406 e. The Labute approximate surface area is 360 Å². The zero-order valence-electron chi connectivity index (χ0n) is 34.3. The number of carbonyl (C=O) groups excluding carboxylic acids is 1. The Hall–Kier alpha value is -5.17. The standard InChI is InChI=1S/C18H20BNO.C16H16O3S.C16H14O3S/c1-19-20-14-8-13-17(20)18(21-19,15-9-4-2-5-10-15)16-11-6-3-7-12-16;2*17-16-8-4-5-12-11-14(9-10-15(12)16)20(18,19)13-6-2-1-3-7-13/h2-7,9-12,17H,8,13-14H2,1H3;1-3,6-7,9-11,16-17H,4-5,8H2;1-3,6-7,9-11H,4-5,8H2/t17-;16-;/m10./s1. The van der Waals surface area contributed by atoms with Gasteiger partial charge in [0.1, 0.15) is 5.60 Å². The molecule has 8 nitrogen and oxygen atoms in total. The van der Waals surface area contributed by atoms with Gasteiger partial charge in [0, 0.05) is 18.0 Å². The van der Waals surface area contributed by atoms with Crippen LogP contribution in [0.4, 0.5) is 0 Å². The summed E-state index contributed by atoms with van der Waals surface area (Å²) < 4.78 is 56.7. The van der Waals surface area contributed by atoms with E-state index in [0.29, 0.717) is 27.8 Å². The number of rotatable bonds is 6. The molecule has 10 rings (SSSR count). The molecule has 1 N–H and O–H groups in total. The average molecular weight is 852 g/mol. The molecule has 6 aromatic carbocycles. The lowest BCUT2D eigenvalue weighted by atomic mass is 9.79. The highest BCUT2D eigenvalue weighted by Crippen LogP contribution is 2.48. The molecule has 2 fully saturated rings. The molecule has 2 heterocycles. The lowest BCUT2D eigenvalue weighted by Gasteiger charge is -2.36. The van der Waals surface area contributed by atoms with Gasteiger partial charge in [0.05, 0.1) is 25.7 Å². The summed E-state index contributed by atoms with van der Waals surface area (Å²) in [5.74, 6) is 0.106. The van der Waals surface area contributed by atoms with E-state index in [-0.39, 0.29) is 28.2 Å². The fourth-order valence-electron chi connectivity index (χ4n) is 9.33. The molecule has 0 bridgehead atoms. The van der Waals surface area contributed by atoms with Crippen molar-refractivity contribution in [2.75, 3.05) is 6.54 Å². The van der Waals surface area contributed by atoms with E-state index in [1.807, 2.05) is 0 Å². The number of nitrogens with zero attached hydrogens (tertiary/aromatic N) is 1. The molecule has 2 saturated heterocycles. The van der Waals surface area contributed by atoms with E-state index in [9.17, 15) is 26.7 Å². The smallest absolute Gasteiger partial charge is 0.380 e. The molecule has 0 unspecified atom stereocenters. The maximum atomic E-state index is 12.5. The van der Waals surface area contributed by atoms with Crippen LogP contribution in [0.5, 0.6) is 0 Å². The van der Waals surface area contributed by atoms with Crippen LogP contribution in [0.1, 0.15) is 82.8 Å². The summed E-state index contributed by atoms with van der Waals surface area (Å²) in [7, 11) is -6.79. The molecule has 0 aromatic heterocycles. The quantitative estimate of drug-likeness (QED) is 0.165. The second-order valence-corrected chi connectivity index (χ2v) is 20.0. The van der Waals surface area contributed by atoms with Crippen LogP contribution in [0.25, 0.3) is 0 Å². The van der Waals surface area contributed by atoms with Gasteiger partial charge in [-0.1, -0.05) is 103 Å². The van der Waals surface area contributed by atoms with E-state index >= 15 is 0 Å². The highest BCUT2D eigenvalue weighted by Gasteiger charge is 2.56. The first kappa shape index (κ1) is 42.5. The first-order chi connectivity index (χ1) is 29.5. The zero-order valence-corrected chi connectivity index (χ0v) is 35.9. The minimum atomic E-state index is -3.50. The van der Waals surface area contributed by atoms with Crippen LogP contribution in [-0.2, 0) is 42.8 Å². The number of aliphatic hydroxyl groups is 1. The summed E-state index contributed by atoms with van der Waals surface area (Å²) in [5, 5.41) is 9.92. The second-order valence-electron chi connectivity index (χ2n) is 16.1. The molecule has 11 heteroatoms. The number of benzene rings is 6. The Balaban J connectivity index is 0.000000126. The van der Waals surface area contributed by atoms with E-state index in [1.165, 1.54) is 30.0 Å². The molecular weight excluding hydrogens is 801 g/mol. The number of aliphatic hydroxyl groups excluding tert-OH is 1. The van der Waals surface area contributed by atoms with Crippen LogP contribution in [0.15, 0.2) is 177 Å². The van der Waals surface area contributed by atoms with Gasteiger partial charge in [-0.15, -0.1) is 0 Å². The van der Waals surface area contributed by atoms with Gasteiger partial charge in [-0.3, -0.25) is 4.79 Å². The number of hydrogen-bond donors (Lipinski definition) is 1. The Morgan fingerprint density at radius 3 is 1.67 bits per heavy atom. The van der Waals surface area contributed by atoms with Crippen LogP contribution in [-0.4, -0.2) is 52.2 Å². The van der Waals surface area contributed by atoms with Gasteiger partial charge in [0.15, 0.2) is 5.78 Å². The van der Waals surface area contributed by atoms with Gasteiger partial charge >= 0.3 is 7.05 Å². The monoisotopic (exact) mass is 851 g/mol. The molecule has 2 aliphatic heterocycles. The van der Waals surface area contributed by atoms with E-state index in [0.717, 1.165) is 55.3 Å². The summed E-state index contributed by atoms with van der Waals surface area (Å²) in [6.07, 6.45) is 6.57. The number of aryl methyl sites for hydroxylation is 2. The van der Waals surface area contributed by atoms with Crippen molar-refractivity contribution in [1.82, 2.24) is 4.81 Å². The molecule has 2 atom stereocenters. The number of ketones is 1. The van der Waals surface area contributed by atoms with Crippen molar-refractivity contribution in [3.8, 4) is 0 Å². The third-order valence-corrected chi connectivity index (χ3v) is 15.9. The first-order valence-corrected chi connectivity index (χ1v) is 24.1. The van der Waals surface area contributed by atoms with E-state index in [1.54, 1.807) is 91.0 Å². The minimum absolute atomic E-state index is 0.106. The van der Waals surface area contributed by atoms with Gasteiger partial charge in [-0.25, -0.2) is 16.8 Å². The fraction of sp³-hybridized carbons (Fsp3) is 0.260. The third-order valence-electron chi connectivity index (χ3n) is 12.3. The Morgan fingerprint density at radius 2 is 1.10 bits per heavy atom. The Kier molecular flexibility index (Phi) is 12.6. The number of Topliss-reactive ketones (excluding diaryl/α,β-unsaturated/α-hetero) is 1. The van der Waals surface area contributed by atoms with Gasteiger partial charge in [-0.2, -0.15) is 0 Å². The molecule has 6 aromatic rings. The molecule has 61 heavy (non-hydrogen) atoms. The molecule has 0 saturated carbocycles. The number of carbonyl (C=O) groups is 1. The molecule has 0 spiro atoms. The summed E-state index contributed by atoms with van der Waals surface area (Å²) in [5.41, 5.74) is 5.55. The highest BCUT2D eigenvalue weighted by atomic mass is 32.2. The summed E-state index contributed by atoms with van der Waals surface area (Å²) in [6, 6.07) is 48.6. The molecular formula is C50H50BNO7S2. The van der Waals surface area contributed by atoms with Crippen molar-refractivity contribution in [3.05, 3.63) is 191 Å². The second kappa shape index (κ2) is 18.0. The van der Waals surface area contributed by atoms with Crippen LogP contribution in [0.2, 0.25) is 6.82 Å². The van der Waals surface area contributed by atoms with Crippen molar-refractivity contribution in [2.24, 2.45) is 0 Å². The lowest BCUT2D eigenvalue weighted by molar-refractivity contribution is 0.0972. The number of hydrogen-bond acceptors (Lipinski definition) is 8. The molecule has 0 amide bonds. The van der Waals surface area contributed by atoms with Crippen LogP contribution >= 0.6 is 0 Å². The van der Waals surface area contributed by atoms with Crippen LogP contribution in [0.3, 0.4) is 0 Å². The van der Waals surface area contributed by atoms with Crippen LogP contribution < -0.4 is 0 Å². The van der Waals surface area contributed by atoms with Gasteiger partial charge < -0.3 is 14.6 Å². The fourth-order valence-corrected chi connectivity index (χ4v) is 12.0. The topological polar surface area (TPSA) is 118 Å². The third kappa shape index (κ3) is 8.55. The van der Waals surface area contributed by atoms with Gasteiger partial charge in [0.2, 0.25) is 19.7 Å². The number of sulfone groups is 2. The van der Waals surface area contributed by atoms with Crippen molar-refractivity contribution in [1.29, 1.82) is 0 Å². The largest absolute Gasteiger partial charge is 0.406 e. The molecule has 4 aliphatic rings. The predicted molar refractivity (Wildman–Crippen MR) is 238 cm³/mol. The van der Waals surface area contributed by atoms with E-state index in [4.69, 9.17) is 4.65 Å². The maximum absolute atomic E-state index is 12.5. The van der Waals surface area contributed by atoms with Crippen molar-refractivity contribution in [3.63, 3.8) is 0 Å². The highest BCUT2D eigenvalue weighted by molar-refractivity contribution is 7.91. The normalized spacial score (nSPS) is 19.3. The lowest BCUT2D eigenvalue weighted by Crippen LogP contribution is -2.41. The zero-order chi connectivity index (χ0) is 42.6. The number of fused-ring (bicyclic) bond motifs is 3. The van der Waals surface area contributed by atoms with E-state index in [2.05, 4.69) is 72.3 Å². The molecule has 312 valence electrons. The first-order valence-electron chi connectivity index (χ1n) is 21.1. The Morgan fingerprint density at radius 1 is 0.590 bits per heavy atom. The van der Waals surface area contributed by atoms with Crippen molar-refractivity contribution < 1.29 is 31.4 Å². The summed E-state index contributed by atoms with van der Waals surface area (Å²) in [6.45, 7) is 3.33. The summed E-state index contributed by atoms with van der Waals surface area (Å²) >= 11 is 0. The van der Waals surface area contributed by atoms with E-state index < -0.39 is 25.8 Å². The summed E-state index contributed by atoms with van der Waals surface area (Å²) in [4.78, 5) is 15.4. The molecule has 0 radical (unpaired) electrons. The van der Waals surface area contributed by atoms with Gasteiger partial charge in [0.25, 0.3) is 0 Å². The van der Waals surface area contributed by atoms with Crippen molar-refractivity contribution in [2.45, 2.75) is 95.5 Å². The average Bonchev–Trinajstić information content (AvgIpc) is 3.91. The van der Waals surface area contributed by atoms with Gasteiger partial charge in [-0.05, 0) is 141 Å². The predicted octanol–water partition coefficient (Wildman–Crippen LogP) is 9.47. The SMILES string of the molecule is CB1OC(c2ccccc2)(c2ccccc2)[C@H]2CCCN12.O=C1CCCc2cc(S(=O)(=O)c3ccccc3)ccc21.O=S(=O)(c1ccccc1)c1ccc2c(c1)CCC[C@@H]2O.